The number of hydrogen-bond donors (Lipinski definition) is 2. The Morgan fingerprint density at radius 3 is 2.69 bits per heavy atom. The molecule has 1 heterocycles. The number of aliphatic carboxylic acids is 1. The zero-order valence-corrected chi connectivity index (χ0v) is 19.0. The number of benzene rings is 2. The highest BCUT2D eigenvalue weighted by atomic mass is 32.2. The molecule has 0 saturated carbocycles. The van der Waals surface area contributed by atoms with Crippen molar-refractivity contribution in [3.63, 3.8) is 0 Å². The van der Waals surface area contributed by atoms with E-state index in [-0.39, 0.29) is 49.3 Å². The summed E-state index contributed by atoms with van der Waals surface area (Å²) in [6.07, 6.45) is 0.493. The molecule has 1 atom stereocenters. The molecule has 2 aromatic carbocycles. The van der Waals surface area contributed by atoms with Gasteiger partial charge in [-0.25, -0.2) is 8.42 Å². The van der Waals surface area contributed by atoms with Gasteiger partial charge in [0.1, 0.15) is 17.3 Å². The molecule has 1 aliphatic rings. The number of aryl methyl sites for hydroxylation is 1. The van der Waals surface area contributed by atoms with Gasteiger partial charge in [-0.3, -0.25) is 9.59 Å². The smallest absolute Gasteiger partial charge is 0.303 e. The summed E-state index contributed by atoms with van der Waals surface area (Å²) in [5.74, 6) is -1.11. The van der Waals surface area contributed by atoms with Crippen LogP contribution in [0.2, 0.25) is 0 Å². The Labute approximate surface area is 188 Å². The number of para-hydroxylation sites is 1. The van der Waals surface area contributed by atoms with Gasteiger partial charge in [0.15, 0.2) is 0 Å². The van der Waals surface area contributed by atoms with E-state index in [1.807, 2.05) is 25.1 Å². The van der Waals surface area contributed by atoms with Crippen molar-refractivity contribution in [1.82, 2.24) is 9.62 Å². The highest BCUT2D eigenvalue weighted by Gasteiger charge is 2.31. The number of sulfonamides is 1. The molecule has 0 bridgehead atoms. The fraction of sp³-hybridized carbons (Fsp3) is 0.391. The number of carbonyl (C=O) groups excluding carboxylic acids is 1. The average molecular weight is 461 g/mol. The fourth-order valence-corrected chi connectivity index (χ4v) is 5.33. The quantitative estimate of drug-likeness (QED) is 0.626. The lowest BCUT2D eigenvalue weighted by Crippen LogP contribution is -2.32. The molecule has 0 aliphatic carbocycles. The number of carbonyl (C=O) groups is 2. The van der Waals surface area contributed by atoms with E-state index >= 15 is 0 Å². The minimum Gasteiger partial charge on any atom is -0.491 e. The van der Waals surface area contributed by atoms with Crippen LogP contribution in [-0.4, -0.2) is 49.9 Å². The molecule has 1 aliphatic heterocycles. The molecule has 1 amide bonds. The number of amides is 1. The van der Waals surface area contributed by atoms with Gasteiger partial charge in [-0.2, -0.15) is 4.31 Å². The topological polar surface area (TPSA) is 113 Å². The van der Waals surface area contributed by atoms with Crippen molar-refractivity contribution in [2.75, 3.05) is 20.2 Å². The zero-order valence-electron chi connectivity index (χ0n) is 18.2. The van der Waals surface area contributed by atoms with Crippen LogP contribution in [0.5, 0.6) is 5.75 Å². The van der Waals surface area contributed by atoms with Crippen LogP contribution in [0, 0.1) is 6.92 Å². The first-order valence-corrected chi connectivity index (χ1v) is 11.9. The van der Waals surface area contributed by atoms with Crippen LogP contribution < -0.4 is 10.1 Å². The minimum absolute atomic E-state index is 0.108. The van der Waals surface area contributed by atoms with E-state index in [4.69, 9.17) is 4.74 Å². The van der Waals surface area contributed by atoms with Gasteiger partial charge in [-0.15, -0.1) is 0 Å². The Morgan fingerprint density at radius 1 is 1.22 bits per heavy atom. The second-order valence-corrected chi connectivity index (χ2v) is 9.73. The van der Waals surface area contributed by atoms with E-state index in [1.54, 1.807) is 25.2 Å². The fourth-order valence-electron chi connectivity index (χ4n) is 3.80. The number of fused-ring (bicyclic) bond motifs is 1. The molecule has 172 valence electrons. The number of hydrogen-bond acceptors (Lipinski definition) is 5. The van der Waals surface area contributed by atoms with Gasteiger partial charge in [-0.05, 0) is 48.1 Å². The monoisotopic (exact) mass is 460 g/mol. The maximum atomic E-state index is 13.2. The second kappa shape index (κ2) is 10.1. The summed E-state index contributed by atoms with van der Waals surface area (Å²) in [5.41, 5.74) is 2.48. The maximum Gasteiger partial charge on any atom is 0.303 e. The van der Waals surface area contributed by atoms with Gasteiger partial charge >= 0.3 is 5.97 Å². The first kappa shape index (κ1) is 23.7. The summed E-state index contributed by atoms with van der Waals surface area (Å²) < 4.78 is 33.5. The summed E-state index contributed by atoms with van der Waals surface area (Å²) in [5, 5.41) is 11.9. The molecule has 9 heteroatoms. The van der Waals surface area contributed by atoms with Crippen molar-refractivity contribution in [2.45, 2.75) is 43.5 Å². The normalized spacial score (nSPS) is 16.3. The molecule has 0 aromatic heterocycles. The van der Waals surface area contributed by atoms with Crippen LogP contribution in [0.1, 0.15) is 41.9 Å². The third-order valence-corrected chi connectivity index (χ3v) is 7.56. The largest absolute Gasteiger partial charge is 0.491 e. The van der Waals surface area contributed by atoms with E-state index in [9.17, 15) is 23.1 Å². The van der Waals surface area contributed by atoms with Gasteiger partial charge < -0.3 is 15.2 Å². The van der Waals surface area contributed by atoms with Gasteiger partial charge in [-0.1, -0.05) is 30.3 Å². The highest BCUT2D eigenvalue weighted by molar-refractivity contribution is 7.89. The van der Waals surface area contributed by atoms with E-state index in [0.717, 1.165) is 16.7 Å². The molecule has 0 fully saturated rings. The molecule has 0 spiro atoms. The Balaban J connectivity index is 1.89. The molecule has 3 rings (SSSR count). The first-order valence-electron chi connectivity index (χ1n) is 10.5. The SMILES string of the molecule is CNC(=O)CCC(CC(=O)O)c1ccc(C)c(CN2CCOc3ccccc3S2(=O)=O)c1. The molecular formula is C23H28N2O6S. The van der Waals surface area contributed by atoms with E-state index < -0.39 is 16.0 Å². The lowest BCUT2D eigenvalue weighted by molar-refractivity contribution is -0.137. The molecule has 0 saturated heterocycles. The molecule has 1 unspecified atom stereocenters. The number of carboxylic acids is 1. The Kier molecular flexibility index (Phi) is 7.52. The summed E-state index contributed by atoms with van der Waals surface area (Å²) in [7, 11) is -2.21. The third-order valence-electron chi connectivity index (χ3n) is 5.68. The summed E-state index contributed by atoms with van der Waals surface area (Å²) in [6, 6.07) is 12.2. The van der Waals surface area contributed by atoms with E-state index in [0.29, 0.717) is 12.2 Å². The summed E-state index contributed by atoms with van der Waals surface area (Å²) >= 11 is 0. The predicted molar refractivity (Wildman–Crippen MR) is 119 cm³/mol. The van der Waals surface area contributed by atoms with Crippen molar-refractivity contribution >= 4 is 21.9 Å². The third kappa shape index (κ3) is 5.46. The van der Waals surface area contributed by atoms with Crippen molar-refractivity contribution in [1.29, 1.82) is 0 Å². The highest BCUT2D eigenvalue weighted by Crippen LogP contribution is 2.32. The molecule has 2 aromatic rings. The molecular weight excluding hydrogens is 432 g/mol. The van der Waals surface area contributed by atoms with Crippen molar-refractivity contribution in [2.24, 2.45) is 0 Å². The standard InChI is InChI=1S/C23H28N2O6S/c1-16-7-8-17(18(14-23(27)28)9-10-22(26)24-2)13-19(16)15-25-11-12-31-20-5-3-4-6-21(20)32(25,29)30/h3-8,13,18H,9-12,14-15H2,1-2H3,(H,24,26)(H,27,28). The average Bonchev–Trinajstić information content (AvgIpc) is 2.88. The van der Waals surface area contributed by atoms with Crippen LogP contribution in [-0.2, 0) is 26.2 Å². The molecule has 2 N–H and O–H groups in total. The second-order valence-electron chi connectivity index (χ2n) is 7.83. The van der Waals surface area contributed by atoms with Crippen LogP contribution in [0.3, 0.4) is 0 Å². The van der Waals surface area contributed by atoms with Gasteiger partial charge in [0.2, 0.25) is 15.9 Å². The zero-order chi connectivity index (χ0) is 23.3. The lowest BCUT2D eigenvalue weighted by atomic mass is 9.89. The Bertz CT molecular complexity index is 1100. The maximum absolute atomic E-state index is 13.2. The predicted octanol–water partition coefficient (Wildman–Crippen LogP) is 2.66. The number of nitrogens with one attached hydrogen (secondary N) is 1. The minimum atomic E-state index is -3.75. The van der Waals surface area contributed by atoms with Crippen molar-refractivity contribution in [3.8, 4) is 5.75 Å². The number of carboxylic acid groups (broad SMARTS) is 1. The van der Waals surface area contributed by atoms with Gasteiger partial charge in [0.05, 0.1) is 6.42 Å². The first-order chi connectivity index (χ1) is 15.2. The van der Waals surface area contributed by atoms with Crippen molar-refractivity contribution in [3.05, 3.63) is 59.2 Å². The number of nitrogens with zero attached hydrogens (tertiary/aromatic N) is 1. The number of rotatable bonds is 8. The van der Waals surface area contributed by atoms with Crippen LogP contribution >= 0.6 is 0 Å². The van der Waals surface area contributed by atoms with Crippen molar-refractivity contribution < 1.29 is 27.9 Å². The van der Waals surface area contributed by atoms with Gasteiger partial charge in [0.25, 0.3) is 0 Å². The Hall–Kier alpha value is -2.91. The molecule has 0 radical (unpaired) electrons. The summed E-state index contributed by atoms with van der Waals surface area (Å²) in [6.45, 7) is 2.48. The van der Waals surface area contributed by atoms with Crippen LogP contribution in [0.4, 0.5) is 0 Å². The van der Waals surface area contributed by atoms with Gasteiger partial charge in [0, 0.05) is 26.6 Å². The van der Waals surface area contributed by atoms with Crippen LogP contribution in [0.15, 0.2) is 47.4 Å². The summed E-state index contributed by atoms with van der Waals surface area (Å²) in [4.78, 5) is 23.2. The van der Waals surface area contributed by atoms with E-state index in [1.165, 1.54) is 10.4 Å². The number of ether oxygens (including phenoxy) is 1. The lowest BCUT2D eigenvalue weighted by Gasteiger charge is -2.22. The van der Waals surface area contributed by atoms with E-state index in [2.05, 4.69) is 5.32 Å². The Morgan fingerprint density at radius 2 is 1.97 bits per heavy atom. The molecule has 8 nitrogen and oxygen atoms in total. The molecule has 32 heavy (non-hydrogen) atoms. The van der Waals surface area contributed by atoms with Crippen LogP contribution in [0.25, 0.3) is 0 Å².